The Hall–Kier alpha value is -1.84. The molecule has 4 heteroatoms. The summed E-state index contributed by atoms with van der Waals surface area (Å²) in [5.41, 5.74) is 9.34. The van der Waals surface area contributed by atoms with E-state index in [0.717, 1.165) is 29.1 Å². The van der Waals surface area contributed by atoms with E-state index in [1.807, 2.05) is 30.5 Å². The zero-order valence-corrected chi connectivity index (χ0v) is 12.8. The first-order chi connectivity index (χ1) is 10.7. The molecule has 0 aliphatic heterocycles. The van der Waals surface area contributed by atoms with Crippen molar-refractivity contribution in [2.45, 2.75) is 43.9 Å². The van der Waals surface area contributed by atoms with E-state index >= 15 is 0 Å². The Morgan fingerprint density at radius 2 is 1.55 bits per heavy atom. The van der Waals surface area contributed by atoms with Crippen LogP contribution in [0.5, 0.6) is 0 Å². The van der Waals surface area contributed by atoms with Gasteiger partial charge in [0.25, 0.3) is 0 Å². The highest BCUT2D eigenvalue weighted by Gasteiger charge is 2.53. The van der Waals surface area contributed by atoms with Crippen molar-refractivity contribution in [3.8, 4) is 5.69 Å². The van der Waals surface area contributed by atoms with E-state index in [0.29, 0.717) is 5.41 Å². The maximum atomic E-state index is 5.82. The van der Waals surface area contributed by atoms with Gasteiger partial charge in [-0.1, -0.05) is 5.21 Å². The van der Waals surface area contributed by atoms with Crippen LogP contribution in [0.25, 0.3) is 5.69 Å². The normalized spacial score (nSPS) is 35.9. The Morgan fingerprint density at radius 1 is 0.955 bits per heavy atom. The molecular weight excluding hydrogens is 272 g/mol. The molecule has 4 nitrogen and oxygen atoms in total. The van der Waals surface area contributed by atoms with Gasteiger partial charge >= 0.3 is 0 Å². The lowest BCUT2D eigenvalue weighted by atomic mass is 9.49. The van der Waals surface area contributed by atoms with Crippen LogP contribution in [0.2, 0.25) is 0 Å². The fourth-order valence-corrected chi connectivity index (χ4v) is 5.83. The average molecular weight is 294 g/mol. The molecule has 6 rings (SSSR count). The van der Waals surface area contributed by atoms with Crippen LogP contribution >= 0.6 is 0 Å². The second-order valence-corrected chi connectivity index (χ2v) is 7.82. The topological polar surface area (TPSA) is 56.7 Å². The number of nitrogens with zero attached hydrogens (tertiary/aromatic N) is 3. The molecule has 1 heterocycles. The molecule has 4 bridgehead atoms. The van der Waals surface area contributed by atoms with Crippen molar-refractivity contribution in [2.24, 2.45) is 17.8 Å². The smallest absolute Gasteiger partial charge is 0.0735 e. The van der Waals surface area contributed by atoms with E-state index in [9.17, 15) is 0 Å². The molecule has 0 saturated heterocycles. The number of aromatic nitrogens is 3. The lowest BCUT2D eigenvalue weighted by molar-refractivity contribution is -0.00827. The summed E-state index contributed by atoms with van der Waals surface area (Å²) < 4.78 is 2.06. The molecule has 4 fully saturated rings. The monoisotopic (exact) mass is 294 g/mol. The summed E-state index contributed by atoms with van der Waals surface area (Å²) in [6.45, 7) is 0. The first-order valence-corrected chi connectivity index (χ1v) is 8.49. The lowest BCUT2D eigenvalue weighted by Gasteiger charge is -2.56. The highest BCUT2D eigenvalue weighted by atomic mass is 15.4. The lowest BCUT2D eigenvalue weighted by Crippen LogP contribution is -2.49. The summed E-state index contributed by atoms with van der Waals surface area (Å²) in [4.78, 5) is 0. The highest BCUT2D eigenvalue weighted by Crippen LogP contribution is 2.60. The van der Waals surface area contributed by atoms with Gasteiger partial charge < -0.3 is 5.73 Å². The van der Waals surface area contributed by atoms with Gasteiger partial charge in [-0.25, -0.2) is 4.68 Å². The molecule has 4 saturated carbocycles. The fourth-order valence-electron chi connectivity index (χ4n) is 5.83. The minimum absolute atomic E-state index is 0.319. The Labute approximate surface area is 130 Å². The molecule has 114 valence electrons. The quantitative estimate of drug-likeness (QED) is 0.864. The maximum absolute atomic E-state index is 5.82. The Bertz CT molecular complexity index is 665. The third-order valence-corrected chi connectivity index (χ3v) is 6.27. The molecule has 0 spiro atoms. The van der Waals surface area contributed by atoms with Crippen LogP contribution in [0.4, 0.5) is 5.69 Å². The molecule has 4 aliphatic rings. The molecule has 0 unspecified atom stereocenters. The number of nitrogen functional groups attached to an aromatic ring is 1. The minimum Gasteiger partial charge on any atom is -0.399 e. The zero-order chi connectivity index (χ0) is 14.7. The number of anilines is 1. The third-order valence-electron chi connectivity index (χ3n) is 6.27. The van der Waals surface area contributed by atoms with Crippen LogP contribution in [0.1, 0.15) is 44.2 Å². The number of hydrogen-bond donors (Lipinski definition) is 1. The van der Waals surface area contributed by atoms with Gasteiger partial charge in [-0.05, 0) is 80.5 Å². The standard InChI is InChI=1S/C18H22N4/c19-15-1-3-16(4-2-15)22-17(11-20-21-22)18-8-12-5-13(9-18)7-14(6-12)10-18/h1-4,11-14H,5-10,19H2. The molecule has 0 amide bonds. The average Bonchev–Trinajstić information content (AvgIpc) is 2.97. The van der Waals surface area contributed by atoms with E-state index in [1.54, 1.807) is 0 Å². The van der Waals surface area contributed by atoms with E-state index in [1.165, 1.54) is 44.2 Å². The van der Waals surface area contributed by atoms with Crippen LogP contribution < -0.4 is 5.73 Å². The largest absolute Gasteiger partial charge is 0.399 e. The van der Waals surface area contributed by atoms with E-state index in [2.05, 4.69) is 15.0 Å². The highest BCUT2D eigenvalue weighted by molar-refractivity contribution is 5.45. The van der Waals surface area contributed by atoms with E-state index in [4.69, 9.17) is 5.73 Å². The number of benzene rings is 1. The Kier molecular flexibility index (Phi) is 2.50. The summed E-state index contributed by atoms with van der Waals surface area (Å²) in [6.07, 6.45) is 10.4. The summed E-state index contributed by atoms with van der Waals surface area (Å²) in [5.74, 6) is 2.79. The molecule has 22 heavy (non-hydrogen) atoms. The first-order valence-electron chi connectivity index (χ1n) is 8.49. The molecule has 0 atom stereocenters. The van der Waals surface area contributed by atoms with E-state index in [-0.39, 0.29) is 0 Å². The Morgan fingerprint density at radius 3 is 2.14 bits per heavy atom. The van der Waals surface area contributed by atoms with Gasteiger partial charge in [0.05, 0.1) is 17.6 Å². The molecule has 1 aromatic heterocycles. The summed E-state index contributed by atoms with van der Waals surface area (Å²) in [7, 11) is 0. The van der Waals surface area contributed by atoms with Crippen LogP contribution in [0.3, 0.4) is 0 Å². The fraction of sp³-hybridized carbons (Fsp3) is 0.556. The van der Waals surface area contributed by atoms with Gasteiger partial charge in [-0.2, -0.15) is 0 Å². The molecule has 4 aliphatic carbocycles. The van der Waals surface area contributed by atoms with Crippen LogP contribution in [0, 0.1) is 17.8 Å². The van der Waals surface area contributed by atoms with Gasteiger partial charge in [0.15, 0.2) is 0 Å². The van der Waals surface area contributed by atoms with Crippen LogP contribution in [-0.2, 0) is 5.41 Å². The predicted octanol–water partition coefficient (Wildman–Crippen LogP) is 3.32. The summed E-state index contributed by atoms with van der Waals surface area (Å²) in [6, 6.07) is 7.99. The first kappa shape index (κ1) is 12.7. The molecule has 2 N–H and O–H groups in total. The Balaban J connectivity index is 1.59. The van der Waals surface area contributed by atoms with Gasteiger partial charge in [-0.15, -0.1) is 5.10 Å². The number of nitrogens with two attached hydrogens (primary N) is 1. The van der Waals surface area contributed by atoms with Crippen molar-refractivity contribution in [1.82, 2.24) is 15.0 Å². The van der Waals surface area contributed by atoms with Crippen molar-refractivity contribution < 1.29 is 0 Å². The SMILES string of the molecule is Nc1ccc(-n2nncc2C23CC4CC(CC(C4)C2)C3)cc1. The van der Waals surface area contributed by atoms with Gasteiger partial charge in [0, 0.05) is 11.1 Å². The minimum atomic E-state index is 0.319. The van der Waals surface area contributed by atoms with Gasteiger partial charge in [0.1, 0.15) is 0 Å². The third kappa shape index (κ3) is 1.76. The second-order valence-electron chi connectivity index (χ2n) is 7.82. The molecule has 1 aromatic carbocycles. The number of rotatable bonds is 2. The zero-order valence-electron chi connectivity index (χ0n) is 12.8. The molecule has 2 aromatic rings. The van der Waals surface area contributed by atoms with Crippen molar-refractivity contribution in [1.29, 1.82) is 0 Å². The predicted molar refractivity (Wildman–Crippen MR) is 85.6 cm³/mol. The van der Waals surface area contributed by atoms with Gasteiger partial charge in [0.2, 0.25) is 0 Å². The van der Waals surface area contributed by atoms with Crippen molar-refractivity contribution in [3.63, 3.8) is 0 Å². The van der Waals surface area contributed by atoms with Crippen LogP contribution in [0.15, 0.2) is 30.5 Å². The van der Waals surface area contributed by atoms with Crippen molar-refractivity contribution in [2.75, 3.05) is 5.73 Å². The summed E-state index contributed by atoms with van der Waals surface area (Å²) in [5, 5.41) is 8.66. The number of hydrogen-bond acceptors (Lipinski definition) is 3. The van der Waals surface area contributed by atoms with Crippen LogP contribution in [-0.4, -0.2) is 15.0 Å². The maximum Gasteiger partial charge on any atom is 0.0735 e. The van der Waals surface area contributed by atoms with Crippen molar-refractivity contribution in [3.05, 3.63) is 36.2 Å². The molecule has 0 radical (unpaired) electrons. The van der Waals surface area contributed by atoms with Gasteiger partial charge in [-0.3, -0.25) is 0 Å². The molecular formula is C18H22N4. The summed E-state index contributed by atoms with van der Waals surface area (Å²) >= 11 is 0. The van der Waals surface area contributed by atoms with E-state index < -0.39 is 0 Å². The second kappa shape index (κ2) is 4.34. The van der Waals surface area contributed by atoms with Crippen molar-refractivity contribution >= 4 is 5.69 Å².